The van der Waals surface area contributed by atoms with Crippen molar-refractivity contribution in [2.45, 2.75) is 18.4 Å². The molecule has 1 N–H and O–H groups in total. The molecule has 2 aromatic rings. The molecule has 0 aliphatic carbocycles. The quantitative estimate of drug-likeness (QED) is 0.620. The molecule has 0 spiro atoms. The van der Waals surface area contributed by atoms with Crippen LogP contribution in [0.3, 0.4) is 0 Å². The molecule has 0 bridgehead atoms. The Morgan fingerprint density at radius 2 is 1.83 bits per heavy atom. The van der Waals surface area contributed by atoms with Gasteiger partial charge in [-0.2, -0.15) is 0 Å². The molecule has 0 fully saturated rings. The van der Waals surface area contributed by atoms with Crippen molar-refractivity contribution in [2.24, 2.45) is 0 Å². The van der Waals surface area contributed by atoms with Crippen LogP contribution in [0.25, 0.3) is 0 Å². The topological polar surface area (TPSA) is 108 Å². The standard InChI is InChI=1S/C20H23NO7S/c1-4-27-12-15-11-14(9-10-17(15)26-2)20(23)28-13-19(22)21-16-7-5-6-8-18(16)29(3,24)25/h5-11H,4,12-13H2,1-3H3,(H,21,22). The number of para-hydroxylation sites is 1. The lowest BCUT2D eigenvalue weighted by Crippen LogP contribution is -2.22. The van der Waals surface area contributed by atoms with Crippen LogP contribution in [0.15, 0.2) is 47.4 Å². The van der Waals surface area contributed by atoms with E-state index in [1.807, 2.05) is 6.92 Å². The molecule has 2 aromatic carbocycles. The normalized spacial score (nSPS) is 11.0. The lowest BCUT2D eigenvalue weighted by molar-refractivity contribution is -0.119. The fraction of sp³-hybridized carbons (Fsp3) is 0.300. The van der Waals surface area contributed by atoms with E-state index in [1.54, 1.807) is 24.3 Å². The highest BCUT2D eigenvalue weighted by Gasteiger charge is 2.17. The number of amides is 1. The Balaban J connectivity index is 2.03. The van der Waals surface area contributed by atoms with Gasteiger partial charge in [-0.3, -0.25) is 4.79 Å². The van der Waals surface area contributed by atoms with Crippen LogP contribution in [0.1, 0.15) is 22.8 Å². The van der Waals surface area contributed by atoms with Gasteiger partial charge in [0.1, 0.15) is 5.75 Å². The van der Waals surface area contributed by atoms with E-state index in [0.29, 0.717) is 17.9 Å². The number of nitrogens with one attached hydrogen (secondary N) is 1. The highest BCUT2D eigenvalue weighted by atomic mass is 32.2. The zero-order valence-corrected chi connectivity index (χ0v) is 17.2. The molecule has 8 nitrogen and oxygen atoms in total. The average molecular weight is 421 g/mol. The number of methoxy groups -OCH3 is 1. The molecule has 1 amide bonds. The summed E-state index contributed by atoms with van der Waals surface area (Å²) in [4.78, 5) is 24.4. The number of ether oxygens (including phenoxy) is 3. The maximum atomic E-state index is 12.3. The molecule has 29 heavy (non-hydrogen) atoms. The van der Waals surface area contributed by atoms with Crippen molar-refractivity contribution in [2.75, 3.05) is 31.9 Å². The van der Waals surface area contributed by atoms with E-state index >= 15 is 0 Å². The van der Waals surface area contributed by atoms with Gasteiger partial charge in [0, 0.05) is 18.4 Å². The number of hydrogen-bond donors (Lipinski definition) is 1. The Hall–Kier alpha value is -2.91. The first kappa shape index (κ1) is 22.4. The van der Waals surface area contributed by atoms with Crippen LogP contribution in [0, 0.1) is 0 Å². The SMILES string of the molecule is CCOCc1cc(C(=O)OCC(=O)Nc2ccccc2S(C)(=O)=O)ccc1OC. The van der Waals surface area contributed by atoms with Gasteiger partial charge < -0.3 is 19.5 Å². The molecule has 2 rings (SSSR count). The molecular weight excluding hydrogens is 398 g/mol. The summed E-state index contributed by atoms with van der Waals surface area (Å²) in [5, 5.41) is 2.45. The van der Waals surface area contributed by atoms with E-state index in [2.05, 4.69) is 5.32 Å². The van der Waals surface area contributed by atoms with E-state index in [9.17, 15) is 18.0 Å². The molecule has 0 saturated heterocycles. The van der Waals surface area contributed by atoms with Crippen molar-refractivity contribution in [3.8, 4) is 5.75 Å². The third-order valence-corrected chi connectivity index (χ3v) is 5.03. The van der Waals surface area contributed by atoms with Gasteiger partial charge in [0.2, 0.25) is 0 Å². The summed E-state index contributed by atoms with van der Waals surface area (Å²) >= 11 is 0. The summed E-state index contributed by atoms with van der Waals surface area (Å²) in [6.45, 7) is 2.06. The molecule has 9 heteroatoms. The molecule has 0 atom stereocenters. The molecule has 0 aliphatic heterocycles. The molecule has 0 radical (unpaired) electrons. The summed E-state index contributed by atoms with van der Waals surface area (Å²) in [7, 11) is -2.00. The van der Waals surface area contributed by atoms with E-state index in [4.69, 9.17) is 14.2 Å². The molecule has 0 saturated carbocycles. The number of rotatable bonds is 9. The van der Waals surface area contributed by atoms with Crippen LogP contribution in [-0.2, 0) is 30.7 Å². The third-order valence-electron chi connectivity index (χ3n) is 3.87. The van der Waals surface area contributed by atoms with Crippen molar-refractivity contribution >= 4 is 27.4 Å². The van der Waals surface area contributed by atoms with E-state index in [0.717, 1.165) is 6.26 Å². The molecule has 156 valence electrons. The highest BCUT2D eigenvalue weighted by molar-refractivity contribution is 7.90. The minimum Gasteiger partial charge on any atom is -0.496 e. The Morgan fingerprint density at radius 3 is 2.48 bits per heavy atom. The number of benzene rings is 2. The Morgan fingerprint density at radius 1 is 1.10 bits per heavy atom. The lowest BCUT2D eigenvalue weighted by atomic mass is 10.1. The third kappa shape index (κ3) is 6.30. The maximum Gasteiger partial charge on any atom is 0.338 e. The van der Waals surface area contributed by atoms with E-state index < -0.39 is 28.3 Å². The van der Waals surface area contributed by atoms with Gasteiger partial charge in [-0.15, -0.1) is 0 Å². The van der Waals surface area contributed by atoms with Gasteiger partial charge in [0.25, 0.3) is 5.91 Å². The zero-order chi connectivity index (χ0) is 21.4. The van der Waals surface area contributed by atoms with Crippen molar-refractivity contribution < 1.29 is 32.2 Å². The van der Waals surface area contributed by atoms with Crippen molar-refractivity contribution in [3.05, 3.63) is 53.6 Å². The van der Waals surface area contributed by atoms with E-state index in [-0.39, 0.29) is 22.8 Å². The first-order chi connectivity index (χ1) is 13.8. The molecule has 0 aliphatic rings. The Bertz CT molecular complexity index is 986. The van der Waals surface area contributed by atoms with Gasteiger partial charge in [-0.1, -0.05) is 12.1 Å². The predicted octanol–water partition coefficient (Wildman–Crippen LogP) is 2.43. The second-order valence-corrected chi connectivity index (χ2v) is 8.04. The largest absolute Gasteiger partial charge is 0.496 e. The van der Waals surface area contributed by atoms with Crippen LogP contribution in [0.4, 0.5) is 5.69 Å². The molecular formula is C20H23NO7S. The van der Waals surface area contributed by atoms with Crippen molar-refractivity contribution in [1.29, 1.82) is 0 Å². The number of anilines is 1. The number of sulfone groups is 1. The number of esters is 1. The summed E-state index contributed by atoms with van der Waals surface area (Å²) in [6.07, 6.45) is 1.04. The number of carbonyl (C=O) groups excluding carboxylic acids is 2. The Labute approximate surface area is 169 Å². The fourth-order valence-corrected chi connectivity index (χ4v) is 3.37. The fourth-order valence-electron chi connectivity index (χ4n) is 2.52. The van der Waals surface area contributed by atoms with Gasteiger partial charge in [-0.25, -0.2) is 13.2 Å². The van der Waals surface area contributed by atoms with Crippen LogP contribution in [0.2, 0.25) is 0 Å². The first-order valence-corrected chi connectivity index (χ1v) is 10.7. The van der Waals surface area contributed by atoms with Crippen molar-refractivity contribution in [1.82, 2.24) is 0 Å². The van der Waals surface area contributed by atoms with E-state index in [1.165, 1.54) is 25.3 Å². The van der Waals surface area contributed by atoms with Crippen LogP contribution in [-0.4, -0.2) is 46.9 Å². The Kier molecular flexibility index (Phi) is 7.74. The predicted molar refractivity (Wildman–Crippen MR) is 107 cm³/mol. The van der Waals surface area contributed by atoms with Gasteiger partial charge in [0.15, 0.2) is 16.4 Å². The first-order valence-electron chi connectivity index (χ1n) is 8.77. The number of hydrogen-bond acceptors (Lipinski definition) is 7. The van der Waals surface area contributed by atoms with Crippen LogP contribution >= 0.6 is 0 Å². The zero-order valence-electron chi connectivity index (χ0n) is 16.4. The van der Waals surface area contributed by atoms with Gasteiger partial charge >= 0.3 is 5.97 Å². The molecule has 0 unspecified atom stereocenters. The van der Waals surface area contributed by atoms with Gasteiger partial charge in [-0.05, 0) is 37.3 Å². The summed E-state index contributed by atoms with van der Waals surface area (Å²) in [5.41, 5.74) is 1.04. The van der Waals surface area contributed by atoms with Crippen LogP contribution < -0.4 is 10.1 Å². The summed E-state index contributed by atoms with van der Waals surface area (Å²) in [5.74, 6) is -0.778. The number of carbonyl (C=O) groups is 2. The smallest absolute Gasteiger partial charge is 0.338 e. The lowest BCUT2D eigenvalue weighted by Gasteiger charge is -2.12. The highest BCUT2D eigenvalue weighted by Crippen LogP contribution is 2.22. The summed E-state index contributed by atoms with van der Waals surface area (Å²) in [6, 6.07) is 10.7. The average Bonchev–Trinajstić information content (AvgIpc) is 2.69. The van der Waals surface area contributed by atoms with Crippen molar-refractivity contribution in [3.63, 3.8) is 0 Å². The second-order valence-electron chi connectivity index (χ2n) is 6.06. The minimum absolute atomic E-state index is 0.0182. The summed E-state index contributed by atoms with van der Waals surface area (Å²) < 4.78 is 39.2. The second kappa shape index (κ2) is 10.0. The molecule has 0 heterocycles. The van der Waals surface area contributed by atoms with Gasteiger partial charge in [0.05, 0.1) is 29.9 Å². The minimum atomic E-state index is -3.52. The molecule has 0 aromatic heterocycles. The van der Waals surface area contributed by atoms with Crippen LogP contribution in [0.5, 0.6) is 5.75 Å². The maximum absolute atomic E-state index is 12.3. The monoisotopic (exact) mass is 421 g/mol.